The van der Waals surface area contributed by atoms with Crippen LogP contribution in [0.15, 0.2) is 23.2 Å². The van der Waals surface area contributed by atoms with E-state index in [1.54, 1.807) is 12.1 Å². The van der Waals surface area contributed by atoms with E-state index in [0.29, 0.717) is 5.75 Å². The van der Waals surface area contributed by atoms with E-state index in [1.807, 2.05) is 0 Å². The van der Waals surface area contributed by atoms with Crippen LogP contribution < -0.4 is 36.6 Å². The Bertz CT molecular complexity index is 1230. The molecule has 4 atom stereocenters. The third-order valence-corrected chi connectivity index (χ3v) is 7.35. The molecule has 36 heavy (non-hydrogen) atoms. The predicted molar refractivity (Wildman–Crippen MR) is 119 cm³/mol. The van der Waals surface area contributed by atoms with E-state index in [1.165, 1.54) is 11.0 Å². The highest BCUT2D eigenvalue weighted by atomic mass is 16.7. The molecule has 1 aromatic carbocycles. The number of nitrogens with two attached hydrogens (primary N) is 2. The molecule has 3 amide bonds. The number of aliphatic hydroxyl groups is 2. The molecule has 1 aromatic rings. The van der Waals surface area contributed by atoms with Gasteiger partial charge in [-0.1, -0.05) is 6.07 Å². The highest BCUT2D eigenvalue weighted by Gasteiger charge is 2.76. The Balaban J connectivity index is 1.32. The molecular weight excluding hydrogens is 476 g/mol. The molecule has 6 rings (SSSR count). The first-order chi connectivity index (χ1) is 17.1. The molecule has 9 N–H and O–H groups in total. The summed E-state index contributed by atoms with van der Waals surface area (Å²) in [7, 11) is 0. The minimum Gasteiger partial charge on any atom is -0.454 e. The van der Waals surface area contributed by atoms with Crippen LogP contribution in [0.1, 0.15) is 23.2 Å². The van der Waals surface area contributed by atoms with Gasteiger partial charge in [0.15, 0.2) is 23.5 Å². The zero-order valence-corrected chi connectivity index (χ0v) is 18.9. The number of nitrogens with zero attached hydrogens (tertiary/aromatic N) is 3. The number of rotatable bonds is 4. The lowest BCUT2D eigenvalue weighted by molar-refractivity contribution is -0.521. The van der Waals surface area contributed by atoms with Gasteiger partial charge in [-0.15, -0.1) is 0 Å². The van der Waals surface area contributed by atoms with Gasteiger partial charge < -0.3 is 30.7 Å². The van der Waals surface area contributed by atoms with Crippen LogP contribution in [0.5, 0.6) is 11.5 Å². The number of aliphatic imine (C=N–C) groups is 1. The van der Waals surface area contributed by atoms with Crippen molar-refractivity contribution in [2.75, 3.05) is 19.9 Å². The SMILES string of the molecule is NC1=N[C@@H](CN2C(=O)CCC2=O)[C@@H]2[NH+]=C(N)N[C@]23N1C[C@H](NC(=O)c1cccc2c1OCO2)C3(O)O. The zero-order chi connectivity index (χ0) is 25.4. The molecular formula is C21H25N8O7+. The van der Waals surface area contributed by atoms with Crippen LogP contribution in [-0.2, 0) is 9.59 Å². The Morgan fingerprint density at radius 1 is 1.25 bits per heavy atom. The maximum absolute atomic E-state index is 13.2. The lowest BCUT2D eigenvalue weighted by Crippen LogP contribution is -2.90. The predicted octanol–water partition coefficient (Wildman–Crippen LogP) is -5.58. The van der Waals surface area contributed by atoms with E-state index < -0.39 is 35.5 Å². The summed E-state index contributed by atoms with van der Waals surface area (Å²) >= 11 is 0. The highest BCUT2D eigenvalue weighted by molar-refractivity contribution is 6.02. The van der Waals surface area contributed by atoms with Crippen molar-refractivity contribution in [3.63, 3.8) is 0 Å². The Morgan fingerprint density at radius 3 is 2.75 bits per heavy atom. The largest absolute Gasteiger partial charge is 0.454 e. The molecule has 190 valence electrons. The second-order valence-electron chi connectivity index (χ2n) is 9.28. The van der Waals surface area contributed by atoms with Gasteiger partial charge in [-0.2, -0.15) is 0 Å². The lowest BCUT2D eigenvalue weighted by Gasteiger charge is -2.46. The van der Waals surface area contributed by atoms with Gasteiger partial charge in [0.05, 0.1) is 18.7 Å². The third kappa shape index (κ3) is 2.89. The molecule has 0 radical (unpaired) electrons. The minimum atomic E-state index is -2.63. The molecule has 0 aliphatic carbocycles. The number of para-hydroxylation sites is 1. The molecule has 15 nitrogen and oxygen atoms in total. The Kier molecular flexibility index (Phi) is 4.62. The number of hydrogen-bond acceptors (Lipinski definition) is 12. The maximum Gasteiger partial charge on any atom is 0.343 e. The second kappa shape index (κ2) is 7.44. The van der Waals surface area contributed by atoms with E-state index in [2.05, 4.69) is 20.6 Å². The Labute approximate surface area is 203 Å². The summed E-state index contributed by atoms with van der Waals surface area (Å²) in [6.45, 7) is -0.291. The first-order valence-corrected chi connectivity index (χ1v) is 11.4. The van der Waals surface area contributed by atoms with E-state index in [9.17, 15) is 24.6 Å². The zero-order valence-electron chi connectivity index (χ0n) is 18.9. The summed E-state index contributed by atoms with van der Waals surface area (Å²) in [5, 5.41) is 28.6. The molecule has 5 aliphatic heterocycles. The monoisotopic (exact) mass is 501 g/mol. The molecule has 5 aliphatic rings. The van der Waals surface area contributed by atoms with Crippen molar-refractivity contribution in [2.24, 2.45) is 16.5 Å². The van der Waals surface area contributed by atoms with Crippen molar-refractivity contribution in [2.45, 2.75) is 42.4 Å². The van der Waals surface area contributed by atoms with Crippen molar-refractivity contribution in [1.82, 2.24) is 20.4 Å². The maximum atomic E-state index is 13.2. The van der Waals surface area contributed by atoms with Crippen LogP contribution in [0.4, 0.5) is 0 Å². The fourth-order valence-corrected chi connectivity index (χ4v) is 5.68. The number of carbonyl (C=O) groups excluding carboxylic acids is 3. The fraction of sp³-hybridized carbons (Fsp3) is 0.476. The molecule has 2 fully saturated rings. The molecule has 2 saturated heterocycles. The van der Waals surface area contributed by atoms with E-state index >= 15 is 0 Å². The van der Waals surface area contributed by atoms with Crippen LogP contribution in [0, 0.1) is 0 Å². The highest BCUT2D eigenvalue weighted by Crippen LogP contribution is 2.42. The number of guanidine groups is 2. The van der Waals surface area contributed by atoms with E-state index in [0.717, 1.165) is 4.90 Å². The quantitative estimate of drug-likeness (QED) is 0.152. The number of fused-ring (bicyclic) bond motifs is 1. The molecule has 15 heteroatoms. The van der Waals surface area contributed by atoms with Crippen LogP contribution >= 0.6 is 0 Å². The molecule has 1 spiro atoms. The number of likely N-dealkylation sites (tertiary alicyclic amines) is 1. The molecule has 0 bridgehead atoms. The van der Waals surface area contributed by atoms with Gasteiger partial charge >= 0.3 is 5.96 Å². The number of amides is 3. The van der Waals surface area contributed by atoms with Crippen molar-refractivity contribution >= 4 is 29.6 Å². The van der Waals surface area contributed by atoms with Crippen LogP contribution in [0.3, 0.4) is 0 Å². The molecule has 0 saturated carbocycles. The van der Waals surface area contributed by atoms with Gasteiger partial charge in [-0.3, -0.25) is 34.9 Å². The summed E-state index contributed by atoms with van der Waals surface area (Å²) in [5.41, 5.74) is 10.7. The summed E-state index contributed by atoms with van der Waals surface area (Å²) in [5.74, 6) is -3.33. The van der Waals surface area contributed by atoms with Crippen molar-refractivity contribution in [1.29, 1.82) is 0 Å². The number of nitrogens with one attached hydrogen (secondary N) is 3. The summed E-state index contributed by atoms with van der Waals surface area (Å²) in [6.07, 6.45) is 0.200. The number of ether oxygens (including phenoxy) is 2. The number of imide groups is 1. The topological polar surface area (TPSA) is 219 Å². The van der Waals surface area contributed by atoms with Crippen LogP contribution in [0.25, 0.3) is 0 Å². The lowest BCUT2D eigenvalue weighted by atomic mass is 9.84. The molecule has 5 heterocycles. The smallest absolute Gasteiger partial charge is 0.343 e. The van der Waals surface area contributed by atoms with Gasteiger partial charge in [0, 0.05) is 12.8 Å². The molecule has 0 unspecified atom stereocenters. The Morgan fingerprint density at radius 2 is 2.00 bits per heavy atom. The minimum absolute atomic E-state index is 0.0184. The van der Waals surface area contributed by atoms with Gasteiger partial charge in [-0.25, -0.2) is 10.3 Å². The normalized spacial score (nSPS) is 31.6. The fourth-order valence-electron chi connectivity index (χ4n) is 5.68. The standard InChI is InChI=1S/C21H24N8O7/c22-18-26-16-10(6-28-13(30)4-5-14(28)31)24-19(23)29-7-12(21(33,34)20(16,29)27-18)25-17(32)9-2-1-3-11-15(9)36-8-35-11/h1-3,10,12,16,33-34H,4-8H2,(H2,23,24)(H,25,32)(H3,22,26,27)/p+1/t10-,12-,16-,20-/m0/s1. The summed E-state index contributed by atoms with van der Waals surface area (Å²) < 4.78 is 10.7. The average Bonchev–Trinajstić information content (AvgIpc) is 3.57. The first-order valence-electron chi connectivity index (χ1n) is 11.4. The van der Waals surface area contributed by atoms with Crippen LogP contribution in [0.2, 0.25) is 0 Å². The Hall–Kier alpha value is -4.11. The average molecular weight is 501 g/mol. The second-order valence-corrected chi connectivity index (χ2v) is 9.28. The molecule has 0 aromatic heterocycles. The first kappa shape index (κ1) is 22.4. The summed E-state index contributed by atoms with van der Waals surface area (Å²) in [6, 6.07) is 1.78. The van der Waals surface area contributed by atoms with Gasteiger partial charge in [-0.05, 0) is 12.1 Å². The van der Waals surface area contributed by atoms with Gasteiger partial charge in [0.2, 0.25) is 24.4 Å². The van der Waals surface area contributed by atoms with Gasteiger partial charge in [0.1, 0.15) is 12.1 Å². The number of hydrogen-bond donors (Lipinski definition) is 7. The van der Waals surface area contributed by atoms with Crippen molar-refractivity contribution in [3.8, 4) is 11.5 Å². The van der Waals surface area contributed by atoms with E-state index in [-0.39, 0.29) is 67.8 Å². The van der Waals surface area contributed by atoms with E-state index in [4.69, 9.17) is 20.9 Å². The van der Waals surface area contributed by atoms with Crippen LogP contribution in [-0.4, -0.2) is 99.1 Å². The third-order valence-electron chi connectivity index (χ3n) is 7.35. The van der Waals surface area contributed by atoms with Crippen molar-refractivity contribution in [3.05, 3.63) is 23.8 Å². The van der Waals surface area contributed by atoms with Crippen molar-refractivity contribution < 1.29 is 39.1 Å². The van der Waals surface area contributed by atoms with Gasteiger partial charge in [0.25, 0.3) is 11.6 Å². The number of carbonyl (C=O) groups is 3. The number of benzene rings is 1. The summed E-state index contributed by atoms with van der Waals surface area (Å²) in [4.78, 5) is 47.5.